The Hall–Kier alpha value is -3.75. The normalized spacial score (nSPS) is 15.1. The van der Waals surface area contributed by atoms with E-state index in [4.69, 9.17) is 12.2 Å². The van der Waals surface area contributed by atoms with Crippen LogP contribution < -0.4 is 10.2 Å². The van der Waals surface area contributed by atoms with Gasteiger partial charge in [0.2, 0.25) is 0 Å². The lowest BCUT2D eigenvalue weighted by Gasteiger charge is -2.29. The molecule has 2 N–H and O–H groups in total. The van der Waals surface area contributed by atoms with Gasteiger partial charge in [0.1, 0.15) is 5.57 Å². The first-order valence-corrected chi connectivity index (χ1v) is 10.7. The molecule has 0 radical (unpaired) electrons. The van der Waals surface area contributed by atoms with Gasteiger partial charge in [-0.2, -0.15) is 0 Å². The van der Waals surface area contributed by atoms with Crippen molar-refractivity contribution in [2.45, 2.75) is 9.79 Å². The van der Waals surface area contributed by atoms with Crippen LogP contribution >= 0.6 is 24.0 Å². The lowest BCUT2D eigenvalue weighted by molar-refractivity contribution is -0.122. The minimum atomic E-state index is -1.13. The van der Waals surface area contributed by atoms with Crippen LogP contribution in [0.4, 0.5) is 5.69 Å². The van der Waals surface area contributed by atoms with Gasteiger partial charge in [-0.15, -0.1) is 0 Å². The average Bonchev–Trinajstić information content (AvgIpc) is 2.78. The zero-order valence-corrected chi connectivity index (χ0v) is 18.2. The second-order valence-corrected chi connectivity index (χ2v) is 8.33. The number of carboxylic acid groups (broad SMARTS) is 1. The van der Waals surface area contributed by atoms with E-state index in [1.54, 1.807) is 17.8 Å². The van der Waals surface area contributed by atoms with Gasteiger partial charge in [0.05, 0.1) is 11.3 Å². The molecule has 6 nitrogen and oxygen atoms in total. The first kappa shape index (κ1) is 21.5. The summed E-state index contributed by atoms with van der Waals surface area (Å²) in [4.78, 5) is 40.1. The maximum absolute atomic E-state index is 13.1. The maximum atomic E-state index is 13.1. The first-order chi connectivity index (χ1) is 15.4. The van der Waals surface area contributed by atoms with E-state index in [0.717, 1.165) is 14.7 Å². The lowest BCUT2D eigenvalue weighted by atomic mass is 10.1. The molecule has 3 aromatic carbocycles. The molecule has 8 heteroatoms. The molecule has 32 heavy (non-hydrogen) atoms. The van der Waals surface area contributed by atoms with Gasteiger partial charge < -0.3 is 5.11 Å². The Morgan fingerprint density at radius 1 is 0.938 bits per heavy atom. The van der Waals surface area contributed by atoms with Gasteiger partial charge in [-0.05, 0) is 66.3 Å². The molecule has 2 amide bonds. The zero-order chi connectivity index (χ0) is 22.7. The fourth-order valence-corrected chi connectivity index (χ4v) is 4.21. The Labute approximate surface area is 193 Å². The second kappa shape index (κ2) is 9.17. The molecule has 1 aliphatic heterocycles. The Bertz CT molecular complexity index is 1250. The van der Waals surface area contributed by atoms with Crippen LogP contribution in [-0.4, -0.2) is 28.0 Å². The number of carbonyl (C=O) groups excluding carboxylic acids is 2. The number of hydrogen-bond acceptors (Lipinski definition) is 5. The van der Waals surface area contributed by atoms with Gasteiger partial charge in [-0.3, -0.25) is 19.8 Å². The van der Waals surface area contributed by atoms with E-state index in [9.17, 15) is 19.5 Å². The topological polar surface area (TPSA) is 86.7 Å². The minimum absolute atomic E-state index is 0.00651. The van der Waals surface area contributed by atoms with Gasteiger partial charge in [0, 0.05) is 9.79 Å². The summed E-state index contributed by atoms with van der Waals surface area (Å²) in [7, 11) is 0. The van der Waals surface area contributed by atoms with Crippen LogP contribution in [0.3, 0.4) is 0 Å². The van der Waals surface area contributed by atoms with Crippen molar-refractivity contribution in [3.8, 4) is 0 Å². The predicted molar refractivity (Wildman–Crippen MR) is 127 cm³/mol. The van der Waals surface area contributed by atoms with E-state index in [1.807, 2.05) is 54.6 Å². The summed E-state index contributed by atoms with van der Waals surface area (Å²) in [6, 6.07) is 23.2. The number of nitrogens with one attached hydrogen (secondary N) is 1. The highest BCUT2D eigenvalue weighted by Gasteiger charge is 2.34. The minimum Gasteiger partial charge on any atom is -0.478 e. The number of amides is 2. The van der Waals surface area contributed by atoms with E-state index < -0.39 is 17.8 Å². The van der Waals surface area contributed by atoms with Gasteiger partial charge in [-0.25, -0.2) is 4.79 Å². The third-order valence-corrected chi connectivity index (χ3v) is 5.92. The van der Waals surface area contributed by atoms with Crippen molar-refractivity contribution < 1.29 is 19.5 Å². The van der Waals surface area contributed by atoms with E-state index in [1.165, 1.54) is 24.3 Å². The monoisotopic (exact) mass is 460 g/mol. The zero-order valence-electron chi connectivity index (χ0n) is 16.5. The fraction of sp³-hybridized carbons (Fsp3) is 0. The largest absolute Gasteiger partial charge is 0.478 e. The molecule has 1 heterocycles. The van der Waals surface area contributed by atoms with Crippen LogP contribution in [0.2, 0.25) is 0 Å². The number of anilines is 1. The van der Waals surface area contributed by atoms with Crippen molar-refractivity contribution in [1.82, 2.24) is 5.32 Å². The maximum Gasteiger partial charge on any atom is 0.335 e. The van der Waals surface area contributed by atoms with E-state index >= 15 is 0 Å². The summed E-state index contributed by atoms with van der Waals surface area (Å²) in [6.07, 6.45) is 1.49. The second-order valence-electron chi connectivity index (χ2n) is 6.80. The van der Waals surface area contributed by atoms with E-state index in [2.05, 4.69) is 5.32 Å². The van der Waals surface area contributed by atoms with Crippen LogP contribution in [0.25, 0.3) is 6.08 Å². The van der Waals surface area contributed by atoms with Crippen LogP contribution in [0.1, 0.15) is 15.9 Å². The molecule has 1 aliphatic rings. The summed E-state index contributed by atoms with van der Waals surface area (Å²) in [5.74, 6) is -2.35. The number of rotatable bonds is 5. The third-order valence-electron chi connectivity index (χ3n) is 4.62. The van der Waals surface area contributed by atoms with E-state index in [0.29, 0.717) is 5.56 Å². The van der Waals surface area contributed by atoms with Crippen molar-refractivity contribution in [3.05, 3.63) is 95.6 Å². The molecule has 1 fully saturated rings. The summed E-state index contributed by atoms with van der Waals surface area (Å²) < 4.78 is 0. The average molecular weight is 461 g/mol. The van der Waals surface area contributed by atoms with Crippen LogP contribution in [0.5, 0.6) is 0 Å². The fourth-order valence-electron chi connectivity index (χ4n) is 3.09. The number of carboxylic acids is 1. The van der Waals surface area contributed by atoms with Gasteiger partial charge in [0.25, 0.3) is 11.8 Å². The predicted octanol–water partition coefficient (Wildman–Crippen LogP) is 4.37. The number of thiocarbonyl (C=S) groups is 1. The molecule has 0 atom stereocenters. The number of hydrogen-bond donors (Lipinski definition) is 2. The quantitative estimate of drug-likeness (QED) is 0.334. The van der Waals surface area contributed by atoms with Gasteiger partial charge in [0.15, 0.2) is 5.11 Å². The molecule has 0 aliphatic carbocycles. The smallest absolute Gasteiger partial charge is 0.335 e. The molecule has 0 spiro atoms. The summed E-state index contributed by atoms with van der Waals surface area (Å²) >= 11 is 6.77. The number of benzene rings is 3. The van der Waals surface area contributed by atoms with Crippen molar-refractivity contribution in [2.24, 2.45) is 0 Å². The Morgan fingerprint density at radius 2 is 1.62 bits per heavy atom. The van der Waals surface area contributed by atoms with Crippen LogP contribution in [-0.2, 0) is 9.59 Å². The Morgan fingerprint density at radius 3 is 2.31 bits per heavy atom. The first-order valence-electron chi connectivity index (χ1n) is 9.50. The third kappa shape index (κ3) is 4.61. The molecule has 0 bridgehead atoms. The Kier molecular flexibility index (Phi) is 6.16. The molecule has 158 valence electrons. The number of aromatic carboxylic acids is 1. The number of nitrogens with zero attached hydrogens (tertiary/aromatic N) is 1. The van der Waals surface area contributed by atoms with Crippen LogP contribution in [0, 0.1) is 0 Å². The standard InChI is InChI=1S/C24H16N2O4S2/c27-21-20(13-15-9-11-19(12-10-15)32-18-7-2-1-3-8-18)22(28)26(24(31)25-21)17-6-4-5-16(14-17)23(29)30/h1-14H,(H,29,30)(H,25,27,31). The SMILES string of the molecule is O=C1NC(=S)N(c2cccc(C(=O)O)c2)C(=O)C1=Cc1ccc(Sc2ccccc2)cc1. The molecule has 0 unspecified atom stereocenters. The molecule has 1 saturated heterocycles. The van der Waals surface area contributed by atoms with Crippen molar-refractivity contribution in [2.75, 3.05) is 4.90 Å². The summed E-state index contributed by atoms with van der Waals surface area (Å²) in [5.41, 5.74) is 0.850. The molecule has 3 aromatic rings. The van der Waals surface area contributed by atoms with Crippen LogP contribution in [0.15, 0.2) is 94.2 Å². The molecular weight excluding hydrogens is 444 g/mol. The summed E-state index contributed by atoms with van der Waals surface area (Å²) in [6.45, 7) is 0. The highest BCUT2D eigenvalue weighted by atomic mass is 32.2. The molecule has 0 aromatic heterocycles. The lowest BCUT2D eigenvalue weighted by Crippen LogP contribution is -2.54. The van der Waals surface area contributed by atoms with Crippen molar-refractivity contribution >= 4 is 58.6 Å². The summed E-state index contributed by atoms with van der Waals surface area (Å²) in [5, 5.41) is 11.6. The molecule has 0 saturated carbocycles. The van der Waals surface area contributed by atoms with E-state index in [-0.39, 0.29) is 21.9 Å². The number of carbonyl (C=O) groups is 3. The molecular formula is C24H16N2O4S2. The van der Waals surface area contributed by atoms with Crippen molar-refractivity contribution in [3.63, 3.8) is 0 Å². The van der Waals surface area contributed by atoms with Gasteiger partial charge in [-0.1, -0.05) is 48.2 Å². The van der Waals surface area contributed by atoms with Crippen molar-refractivity contribution in [1.29, 1.82) is 0 Å². The van der Waals surface area contributed by atoms with Gasteiger partial charge >= 0.3 is 5.97 Å². The highest BCUT2D eigenvalue weighted by molar-refractivity contribution is 7.99. The molecule has 4 rings (SSSR count). The highest BCUT2D eigenvalue weighted by Crippen LogP contribution is 2.28. The Balaban J connectivity index is 1.60.